The molecular weight excluding hydrogens is 381 g/mol. The highest BCUT2D eigenvalue weighted by molar-refractivity contribution is 7.89. The molecule has 0 spiro atoms. The van der Waals surface area contributed by atoms with Gasteiger partial charge >= 0.3 is 6.03 Å². The van der Waals surface area contributed by atoms with Crippen molar-refractivity contribution < 1.29 is 27.0 Å². The molecule has 0 aliphatic carbocycles. The minimum absolute atomic E-state index is 0.101. The summed E-state index contributed by atoms with van der Waals surface area (Å²) >= 11 is 0. The smallest absolute Gasteiger partial charge is 0.294 e. The van der Waals surface area contributed by atoms with Crippen molar-refractivity contribution in [2.24, 2.45) is 0 Å². The fourth-order valence-electron chi connectivity index (χ4n) is 2.09. The van der Waals surface area contributed by atoms with Crippen molar-refractivity contribution in [2.45, 2.75) is 11.8 Å². The fourth-order valence-corrected chi connectivity index (χ4v) is 2.80. The van der Waals surface area contributed by atoms with Crippen LogP contribution in [0.2, 0.25) is 0 Å². The molecule has 27 heavy (non-hydrogen) atoms. The monoisotopic (exact) mass is 394 g/mol. The van der Waals surface area contributed by atoms with Crippen molar-refractivity contribution in [1.29, 1.82) is 0 Å². The van der Waals surface area contributed by atoms with Gasteiger partial charge < -0.3 is 0 Å². The summed E-state index contributed by atoms with van der Waals surface area (Å²) in [6.07, 6.45) is 0. The lowest BCUT2D eigenvalue weighted by Crippen LogP contribution is -2.41. The number of amides is 3. The summed E-state index contributed by atoms with van der Waals surface area (Å²) in [7, 11) is -0.569. The van der Waals surface area contributed by atoms with Gasteiger partial charge in [0.15, 0.2) is 0 Å². The summed E-state index contributed by atoms with van der Waals surface area (Å²) in [4.78, 5) is 24.9. The van der Waals surface area contributed by atoms with Crippen LogP contribution in [0.15, 0.2) is 41.3 Å². The lowest BCUT2D eigenvalue weighted by molar-refractivity contribution is 0.0957. The predicted octanol–water partition coefficient (Wildman–Crippen LogP) is 3.18. The first kappa shape index (κ1) is 20.2. The normalized spacial score (nSPS) is 11.1. The number of anilines is 1. The fraction of sp³-hybridized carbons (Fsp3) is 0.111. The number of carbonyl (C=O) groups excluding carboxylic acids is 2. The van der Waals surface area contributed by atoms with Crippen LogP contribution in [0.4, 0.5) is 23.7 Å². The SMILES string of the molecule is CC#CS(=O)c1ccc(N(C)C(=O)NC(=O)c2c(F)cccc2F)c(F)c1. The zero-order valence-electron chi connectivity index (χ0n) is 14.2. The molecule has 5 nitrogen and oxygen atoms in total. The van der Waals surface area contributed by atoms with Gasteiger partial charge in [0.2, 0.25) is 0 Å². The van der Waals surface area contributed by atoms with Crippen molar-refractivity contribution in [3.8, 4) is 11.2 Å². The number of urea groups is 1. The number of halogens is 3. The van der Waals surface area contributed by atoms with Gasteiger partial charge in [-0.1, -0.05) is 12.0 Å². The minimum atomic E-state index is -1.72. The standard InChI is InChI=1S/C18H13F3N2O3S/c1-3-9-27(26)11-7-8-15(14(21)10-11)23(2)18(25)22-17(24)16-12(19)5-4-6-13(16)20/h4-8,10H,1-2H3,(H,22,24,25). The second kappa shape index (κ2) is 8.51. The highest BCUT2D eigenvalue weighted by Crippen LogP contribution is 2.21. The third-order valence-electron chi connectivity index (χ3n) is 3.40. The van der Waals surface area contributed by atoms with Crippen molar-refractivity contribution in [2.75, 3.05) is 11.9 Å². The number of carbonyl (C=O) groups is 2. The average molecular weight is 394 g/mol. The molecular formula is C18H13F3N2O3S. The number of imide groups is 1. The van der Waals surface area contributed by atoms with Crippen molar-refractivity contribution in [3.63, 3.8) is 0 Å². The van der Waals surface area contributed by atoms with E-state index in [2.05, 4.69) is 11.2 Å². The summed E-state index contributed by atoms with van der Waals surface area (Å²) in [5, 5.41) is 4.14. The third kappa shape index (κ3) is 4.54. The maximum Gasteiger partial charge on any atom is 0.328 e. The second-order valence-electron chi connectivity index (χ2n) is 5.15. The number of benzene rings is 2. The van der Waals surface area contributed by atoms with Gasteiger partial charge in [-0.25, -0.2) is 22.2 Å². The van der Waals surface area contributed by atoms with Gasteiger partial charge in [-0.05, 0) is 37.3 Å². The van der Waals surface area contributed by atoms with Gasteiger partial charge in [-0.15, -0.1) is 0 Å². The van der Waals surface area contributed by atoms with E-state index in [0.717, 1.165) is 36.2 Å². The van der Waals surface area contributed by atoms with Gasteiger partial charge in [0.1, 0.15) is 33.8 Å². The van der Waals surface area contributed by atoms with Crippen LogP contribution in [-0.2, 0) is 10.8 Å². The largest absolute Gasteiger partial charge is 0.328 e. The number of hydrogen-bond acceptors (Lipinski definition) is 3. The number of nitrogens with zero attached hydrogens (tertiary/aromatic N) is 1. The van der Waals surface area contributed by atoms with E-state index in [1.165, 1.54) is 19.1 Å². The van der Waals surface area contributed by atoms with Crippen LogP contribution >= 0.6 is 0 Å². The highest BCUT2D eigenvalue weighted by Gasteiger charge is 2.22. The van der Waals surface area contributed by atoms with Crippen LogP contribution in [0.3, 0.4) is 0 Å². The molecule has 0 bridgehead atoms. The van der Waals surface area contributed by atoms with E-state index < -0.39 is 45.8 Å². The molecule has 1 atom stereocenters. The maximum absolute atomic E-state index is 14.2. The molecule has 0 heterocycles. The summed E-state index contributed by atoms with van der Waals surface area (Å²) in [5.41, 5.74) is -1.16. The molecule has 9 heteroatoms. The van der Waals surface area contributed by atoms with Gasteiger partial charge in [0, 0.05) is 12.3 Å². The zero-order valence-corrected chi connectivity index (χ0v) is 15.0. The van der Waals surface area contributed by atoms with Gasteiger partial charge in [-0.3, -0.25) is 15.0 Å². The molecule has 2 aromatic carbocycles. The molecule has 2 rings (SSSR count). The molecule has 3 amide bonds. The summed E-state index contributed by atoms with van der Waals surface area (Å²) in [6.45, 7) is 1.48. The number of rotatable bonds is 3. The Morgan fingerprint density at radius 3 is 2.26 bits per heavy atom. The molecule has 1 unspecified atom stereocenters. The third-order valence-corrected chi connectivity index (χ3v) is 4.48. The van der Waals surface area contributed by atoms with E-state index >= 15 is 0 Å². The molecule has 0 radical (unpaired) electrons. The number of nitrogens with one attached hydrogen (secondary N) is 1. The van der Waals surface area contributed by atoms with E-state index in [9.17, 15) is 27.0 Å². The molecule has 0 aliphatic rings. The Hall–Kier alpha value is -3.12. The van der Waals surface area contributed by atoms with Gasteiger partial charge in [-0.2, -0.15) is 0 Å². The van der Waals surface area contributed by atoms with Gasteiger partial charge in [0.25, 0.3) is 5.91 Å². The lowest BCUT2D eigenvalue weighted by atomic mass is 10.2. The van der Waals surface area contributed by atoms with E-state index in [-0.39, 0.29) is 10.6 Å². The van der Waals surface area contributed by atoms with Crippen LogP contribution < -0.4 is 10.2 Å². The van der Waals surface area contributed by atoms with Crippen LogP contribution in [0, 0.1) is 28.6 Å². The minimum Gasteiger partial charge on any atom is -0.294 e. The molecule has 0 saturated heterocycles. The first-order valence-electron chi connectivity index (χ1n) is 7.43. The molecule has 2 aromatic rings. The Labute approximate surface area is 155 Å². The molecule has 0 aliphatic heterocycles. The Balaban J connectivity index is 2.21. The maximum atomic E-state index is 14.2. The van der Waals surface area contributed by atoms with Crippen molar-refractivity contribution in [3.05, 3.63) is 59.4 Å². The summed E-state index contributed by atoms with van der Waals surface area (Å²) in [6, 6.07) is 5.11. The molecule has 1 N–H and O–H groups in total. The molecule has 0 aromatic heterocycles. The summed E-state index contributed by atoms with van der Waals surface area (Å²) in [5.74, 6) is -2.03. The van der Waals surface area contributed by atoms with Crippen LogP contribution in [0.5, 0.6) is 0 Å². The Kier molecular flexibility index (Phi) is 6.36. The predicted molar refractivity (Wildman–Crippen MR) is 93.9 cm³/mol. The second-order valence-corrected chi connectivity index (χ2v) is 6.36. The van der Waals surface area contributed by atoms with E-state index in [0.29, 0.717) is 0 Å². The van der Waals surface area contributed by atoms with Gasteiger partial charge in [0.05, 0.1) is 10.6 Å². The first-order valence-corrected chi connectivity index (χ1v) is 8.58. The molecule has 0 saturated carbocycles. The topological polar surface area (TPSA) is 66.5 Å². The Morgan fingerprint density at radius 2 is 1.70 bits per heavy atom. The van der Waals surface area contributed by atoms with Crippen LogP contribution in [0.1, 0.15) is 17.3 Å². The van der Waals surface area contributed by atoms with Crippen molar-refractivity contribution in [1.82, 2.24) is 5.32 Å². The first-order chi connectivity index (χ1) is 12.8. The number of hydrogen-bond donors (Lipinski definition) is 1. The Morgan fingerprint density at radius 1 is 1.07 bits per heavy atom. The van der Waals surface area contributed by atoms with E-state index in [4.69, 9.17) is 0 Å². The average Bonchev–Trinajstić information content (AvgIpc) is 2.61. The highest BCUT2D eigenvalue weighted by atomic mass is 32.2. The lowest BCUT2D eigenvalue weighted by Gasteiger charge is -2.18. The van der Waals surface area contributed by atoms with E-state index in [1.807, 2.05) is 0 Å². The quantitative estimate of drug-likeness (QED) is 0.814. The molecule has 140 valence electrons. The summed E-state index contributed by atoms with van der Waals surface area (Å²) < 4.78 is 53.2. The zero-order chi connectivity index (χ0) is 20.1. The van der Waals surface area contributed by atoms with E-state index in [1.54, 1.807) is 5.32 Å². The molecule has 0 fully saturated rings. The van der Waals surface area contributed by atoms with Crippen molar-refractivity contribution >= 4 is 28.4 Å². The van der Waals surface area contributed by atoms with Crippen LogP contribution in [-0.4, -0.2) is 23.2 Å². The Bertz CT molecular complexity index is 979. The van der Waals surface area contributed by atoms with Crippen LogP contribution in [0.25, 0.3) is 0 Å².